The van der Waals surface area contributed by atoms with Crippen LogP contribution in [-0.4, -0.2) is 23.6 Å². The van der Waals surface area contributed by atoms with Crippen molar-refractivity contribution in [1.29, 1.82) is 0 Å². The van der Waals surface area contributed by atoms with E-state index < -0.39 is 0 Å². The molecule has 2 rings (SSSR count). The van der Waals surface area contributed by atoms with Crippen molar-refractivity contribution >= 4 is 5.82 Å². The standard InChI is InChI=1S/C14H23N3O/c1-3-9-18-13-10-12(15-2)16-14(17-13)11-7-5-4-6-8-11/h10-11H,3-9H2,1-2H3,(H,15,16,17). The Labute approximate surface area is 109 Å². The molecule has 0 aromatic carbocycles. The van der Waals surface area contributed by atoms with Gasteiger partial charge in [-0.3, -0.25) is 0 Å². The summed E-state index contributed by atoms with van der Waals surface area (Å²) in [6, 6.07) is 1.88. The highest BCUT2D eigenvalue weighted by atomic mass is 16.5. The third-order valence-electron chi connectivity index (χ3n) is 3.40. The van der Waals surface area contributed by atoms with Crippen LogP contribution in [0.15, 0.2) is 6.07 Å². The SMILES string of the molecule is CCCOc1cc(NC)nc(C2CCCCC2)n1. The Hall–Kier alpha value is -1.32. The average molecular weight is 249 g/mol. The molecule has 1 aliphatic carbocycles. The lowest BCUT2D eigenvalue weighted by atomic mass is 9.89. The van der Waals surface area contributed by atoms with E-state index in [0.29, 0.717) is 18.4 Å². The van der Waals surface area contributed by atoms with Crippen LogP contribution in [0.4, 0.5) is 5.82 Å². The lowest BCUT2D eigenvalue weighted by Crippen LogP contribution is -2.11. The lowest BCUT2D eigenvalue weighted by Gasteiger charge is -2.21. The number of nitrogens with one attached hydrogen (secondary N) is 1. The van der Waals surface area contributed by atoms with Crippen molar-refractivity contribution in [3.63, 3.8) is 0 Å². The molecule has 0 spiro atoms. The van der Waals surface area contributed by atoms with Crippen LogP contribution in [0.25, 0.3) is 0 Å². The number of rotatable bonds is 5. The molecule has 0 bridgehead atoms. The Morgan fingerprint density at radius 2 is 2.06 bits per heavy atom. The molecule has 100 valence electrons. The number of ether oxygens (including phenoxy) is 1. The molecule has 1 fully saturated rings. The van der Waals surface area contributed by atoms with Crippen LogP contribution >= 0.6 is 0 Å². The number of hydrogen-bond acceptors (Lipinski definition) is 4. The van der Waals surface area contributed by atoms with Gasteiger partial charge in [-0.25, -0.2) is 4.98 Å². The van der Waals surface area contributed by atoms with Gasteiger partial charge in [-0.2, -0.15) is 4.98 Å². The molecule has 1 aromatic rings. The van der Waals surface area contributed by atoms with Gasteiger partial charge in [0, 0.05) is 19.0 Å². The molecule has 4 heteroatoms. The first-order chi connectivity index (χ1) is 8.83. The van der Waals surface area contributed by atoms with Gasteiger partial charge in [0.15, 0.2) is 0 Å². The van der Waals surface area contributed by atoms with Crippen LogP contribution in [0, 0.1) is 0 Å². The summed E-state index contributed by atoms with van der Waals surface area (Å²) >= 11 is 0. The Bertz CT molecular complexity index is 375. The zero-order valence-electron chi connectivity index (χ0n) is 11.4. The highest BCUT2D eigenvalue weighted by Crippen LogP contribution is 2.32. The molecule has 0 aliphatic heterocycles. The highest BCUT2D eigenvalue weighted by molar-refractivity contribution is 5.38. The molecule has 0 radical (unpaired) electrons. The molecule has 1 heterocycles. The van der Waals surface area contributed by atoms with Gasteiger partial charge in [-0.05, 0) is 19.3 Å². The van der Waals surface area contributed by atoms with Crippen molar-refractivity contribution in [2.75, 3.05) is 19.0 Å². The maximum absolute atomic E-state index is 5.64. The average Bonchev–Trinajstić information content (AvgIpc) is 2.45. The van der Waals surface area contributed by atoms with Gasteiger partial charge in [0.1, 0.15) is 11.6 Å². The summed E-state index contributed by atoms with van der Waals surface area (Å²) in [7, 11) is 1.89. The molecule has 0 unspecified atom stereocenters. The third kappa shape index (κ3) is 3.34. The summed E-state index contributed by atoms with van der Waals surface area (Å²) in [6.07, 6.45) is 7.35. The van der Waals surface area contributed by atoms with Gasteiger partial charge in [0.25, 0.3) is 0 Å². The van der Waals surface area contributed by atoms with E-state index in [0.717, 1.165) is 18.1 Å². The molecule has 1 aliphatic rings. The van der Waals surface area contributed by atoms with Gasteiger partial charge in [-0.1, -0.05) is 26.2 Å². The van der Waals surface area contributed by atoms with E-state index in [-0.39, 0.29) is 0 Å². The summed E-state index contributed by atoms with van der Waals surface area (Å²) in [6.45, 7) is 2.81. The fourth-order valence-corrected chi connectivity index (χ4v) is 2.39. The van der Waals surface area contributed by atoms with Crippen LogP contribution in [0.1, 0.15) is 57.2 Å². The first-order valence-electron chi connectivity index (χ1n) is 7.03. The van der Waals surface area contributed by atoms with E-state index in [1.165, 1.54) is 32.1 Å². The zero-order valence-corrected chi connectivity index (χ0v) is 11.4. The van der Waals surface area contributed by atoms with E-state index in [9.17, 15) is 0 Å². The second kappa shape index (κ2) is 6.57. The molecule has 0 amide bonds. The number of nitrogens with zero attached hydrogens (tertiary/aromatic N) is 2. The maximum atomic E-state index is 5.64. The summed E-state index contributed by atoms with van der Waals surface area (Å²) in [5.41, 5.74) is 0. The molecule has 18 heavy (non-hydrogen) atoms. The molecule has 0 atom stereocenters. The fraction of sp³-hybridized carbons (Fsp3) is 0.714. The third-order valence-corrected chi connectivity index (χ3v) is 3.40. The predicted octanol–water partition coefficient (Wildman–Crippen LogP) is 3.35. The first kappa shape index (κ1) is 13.1. The normalized spacial score (nSPS) is 16.6. The Morgan fingerprint density at radius 3 is 2.72 bits per heavy atom. The van der Waals surface area contributed by atoms with Gasteiger partial charge >= 0.3 is 0 Å². The van der Waals surface area contributed by atoms with E-state index in [1.807, 2.05) is 13.1 Å². The summed E-state index contributed by atoms with van der Waals surface area (Å²) in [5, 5.41) is 3.09. The Morgan fingerprint density at radius 1 is 1.28 bits per heavy atom. The summed E-state index contributed by atoms with van der Waals surface area (Å²) < 4.78 is 5.64. The monoisotopic (exact) mass is 249 g/mol. The Kier molecular flexibility index (Phi) is 4.79. The van der Waals surface area contributed by atoms with Gasteiger partial charge in [-0.15, -0.1) is 0 Å². The molecule has 0 saturated heterocycles. The van der Waals surface area contributed by atoms with Crippen LogP contribution in [-0.2, 0) is 0 Å². The van der Waals surface area contributed by atoms with Gasteiger partial charge in [0.05, 0.1) is 6.61 Å². The largest absolute Gasteiger partial charge is 0.478 e. The minimum Gasteiger partial charge on any atom is -0.478 e. The van der Waals surface area contributed by atoms with Crippen molar-refractivity contribution in [3.05, 3.63) is 11.9 Å². The fourth-order valence-electron chi connectivity index (χ4n) is 2.39. The Balaban J connectivity index is 2.16. The van der Waals surface area contributed by atoms with E-state index in [4.69, 9.17) is 4.74 Å². The second-order valence-electron chi connectivity index (χ2n) is 4.88. The molecule has 1 N–H and O–H groups in total. The second-order valence-corrected chi connectivity index (χ2v) is 4.88. The van der Waals surface area contributed by atoms with E-state index in [1.54, 1.807) is 0 Å². The van der Waals surface area contributed by atoms with Crippen molar-refractivity contribution in [2.24, 2.45) is 0 Å². The van der Waals surface area contributed by atoms with Gasteiger partial charge in [0.2, 0.25) is 5.88 Å². The van der Waals surface area contributed by atoms with Crippen LogP contribution < -0.4 is 10.1 Å². The predicted molar refractivity (Wildman–Crippen MR) is 73.2 cm³/mol. The molecule has 1 saturated carbocycles. The van der Waals surface area contributed by atoms with Crippen molar-refractivity contribution in [1.82, 2.24) is 9.97 Å². The summed E-state index contributed by atoms with van der Waals surface area (Å²) in [4.78, 5) is 9.15. The quantitative estimate of drug-likeness (QED) is 0.869. The smallest absolute Gasteiger partial charge is 0.218 e. The molecular weight excluding hydrogens is 226 g/mol. The zero-order chi connectivity index (χ0) is 12.8. The van der Waals surface area contributed by atoms with Crippen LogP contribution in [0.5, 0.6) is 5.88 Å². The number of hydrogen-bond donors (Lipinski definition) is 1. The number of aromatic nitrogens is 2. The van der Waals surface area contributed by atoms with Crippen LogP contribution in [0.3, 0.4) is 0 Å². The topological polar surface area (TPSA) is 47.0 Å². The molecule has 4 nitrogen and oxygen atoms in total. The maximum Gasteiger partial charge on any atom is 0.218 e. The van der Waals surface area contributed by atoms with Crippen molar-refractivity contribution in [2.45, 2.75) is 51.4 Å². The van der Waals surface area contributed by atoms with Crippen molar-refractivity contribution in [3.8, 4) is 5.88 Å². The molecular formula is C14H23N3O. The minimum atomic E-state index is 0.510. The molecule has 1 aromatic heterocycles. The lowest BCUT2D eigenvalue weighted by molar-refractivity contribution is 0.301. The minimum absolute atomic E-state index is 0.510. The summed E-state index contributed by atoms with van der Waals surface area (Å²) in [5.74, 6) is 3.03. The van der Waals surface area contributed by atoms with E-state index in [2.05, 4.69) is 22.2 Å². The van der Waals surface area contributed by atoms with Crippen molar-refractivity contribution < 1.29 is 4.74 Å². The highest BCUT2D eigenvalue weighted by Gasteiger charge is 2.19. The van der Waals surface area contributed by atoms with Gasteiger partial charge < -0.3 is 10.1 Å². The van der Waals surface area contributed by atoms with Crippen LogP contribution in [0.2, 0.25) is 0 Å². The first-order valence-corrected chi connectivity index (χ1v) is 7.03. The number of anilines is 1. The van der Waals surface area contributed by atoms with E-state index >= 15 is 0 Å².